The molecule has 2 fully saturated rings. The number of phenols is 1. The van der Waals surface area contributed by atoms with Gasteiger partial charge in [0, 0.05) is 45.2 Å². The molecule has 9 heteroatoms. The third-order valence-electron chi connectivity index (χ3n) is 6.93. The number of phenolic OH excluding ortho intramolecular Hbond substituents is 1. The summed E-state index contributed by atoms with van der Waals surface area (Å²) in [7, 11) is -3.58. The zero-order valence-corrected chi connectivity index (χ0v) is 20.4. The zero-order valence-electron chi connectivity index (χ0n) is 19.6. The second-order valence-corrected chi connectivity index (χ2v) is 11.0. The molecular weight excluding hydrogens is 454 g/mol. The van der Waals surface area contributed by atoms with Crippen LogP contribution in [0, 0.1) is 19.8 Å². The van der Waals surface area contributed by atoms with Crippen LogP contribution in [0.15, 0.2) is 47.4 Å². The Balaban J connectivity index is 1.31. The van der Waals surface area contributed by atoms with E-state index in [2.05, 4.69) is 0 Å². The van der Waals surface area contributed by atoms with Gasteiger partial charge in [-0.1, -0.05) is 18.2 Å². The highest BCUT2D eigenvalue weighted by Crippen LogP contribution is 2.27. The quantitative estimate of drug-likeness (QED) is 0.717. The third kappa shape index (κ3) is 4.81. The summed E-state index contributed by atoms with van der Waals surface area (Å²) >= 11 is 0. The number of carbonyl (C=O) groups is 2. The van der Waals surface area contributed by atoms with E-state index < -0.39 is 10.0 Å². The number of amides is 2. The molecule has 0 saturated carbocycles. The fourth-order valence-electron chi connectivity index (χ4n) is 4.58. The van der Waals surface area contributed by atoms with E-state index in [1.165, 1.54) is 10.4 Å². The molecule has 0 spiro atoms. The molecule has 2 aromatic rings. The van der Waals surface area contributed by atoms with E-state index in [9.17, 15) is 23.1 Å². The lowest BCUT2D eigenvalue weighted by atomic mass is 9.96. The number of para-hydroxylation sites is 1. The summed E-state index contributed by atoms with van der Waals surface area (Å²) in [6.07, 6.45) is 0.972. The molecule has 0 radical (unpaired) electrons. The summed E-state index contributed by atoms with van der Waals surface area (Å²) in [5.41, 5.74) is 2.25. The summed E-state index contributed by atoms with van der Waals surface area (Å²) in [5, 5.41) is 9.94. The molecule has 182 valence electrons. The molecule has 8 nitrogen and oxygen atoms in total. The average Bonchev–Trinajstić information content (AvgIpc) is 2.85. The Morgan fingerprint density at radius 1 is 0.853 bits per heavy atom. The van der Waals surface area contributed by atoms with Gasteiger partial charge in [0.2, 0.25) is 15.9 Å². The molecule has 2 amide bonds. The summed E-state index contributed by atoms with van der Waals surface area (Å²) < 4.78 is 27.6. The number of benzene rings is 2. The first-order chi connectivity index (χ1) is 16.2. The predicted octanol–water partition coefficient (Wildman–Crippen LogP) is 2.39. The minimum atomic E-state index is -3.58. The number of piperidine rings is 1. The molecule has 2 aromatic carbocycles. The molecule has 2 heterocycles. The van der Waals surface area contributed by atoms with Gasteiger partial charge in [-0.3, -0.25) is 9.59 Å². The topological polar surface area (TPSA) is 98.2 Å². The number of piperazine rings is 1. The Morgan fingerprint density at radius 3 is 2.09 bits per heavy atom. The number of rotatable bonds is 4. The van der Waals surface area contributed by atoms with Crippen LogP contribution >= 0.6 is 0 Å². The van der Waals surface area contributed by atoms with Crippen molar-refractivity contribution < 1.29 is 23.1 Å². The van der Waals surface area contributed by atoms with Crippen LogP contribution in [0.3, 0.4) is 0 Å². The van der Waals surface area contributed by atoms with E-state index in [-0.39, 0.29) is 29.0 Å². The second-order valence-electron chi connectivity index (χ2n) is 9.06. The molecule has 2 aliphatic rings. The highest BCUT2D eigenvalue weighted by Gasteiger charge is 2.35. The lowest BCUT2D eigenvalue weighted by Gasteiger charge is -2.38. The van der Waals surface area contributed by atoms with E-state index in [0.717, 1.165) is 11.1 Å². The summed E-state index contributed by atoms with van der Waals surface area (Å²) in [5.74, 6) is -0.479. The van der Waals surface area contributed by atoms with Gasteiger partial charge in [0.1, 0.15) is 5.75 Å². The average molecular weight is 486 g/mol. The standard InChI is InChI=1S/C25H31N3O5S/c1-18-7-8-21(17-19(18)2)34(32,33)28-11-9-20(10-12-28)24(30)26-13-15-27(16-14-26)25(31)22-5-3-4-6-23(22)29/h3-8,17,20,29H,9-16H2,1-2H3. The monoisotopic (exact) mass is 485 g/mol. The molecule has 34 heavy (non-hydrogen) atoms. The smallest absolute Gasteiger partial charge is 0.257 e. The molecule has 2 saturated heterocycles. The van der Waals surface area contributed by atoms with Gasteiger partial charge < -0.3 is 14.9 Å². The van der Waals surface area contributed by atoms with Crippen molar-refractivity contribution >= 4 is 21.8 Å². The highest BCUT2D eigenvalue weighted by molar-refractivity contribution is 7.89. The molecule has 4 rings (SSSR count). The number of carbonyl (C=O) groups excluding carboxylic acids is 2. The van der Waals surface area contributed by atoms with Gasteiger partial charge in [0.25, 0.3) is 5.91 Å². The Hall–Kier alpha value is -2.91. The van der Waals surface area contributed by atoms with E-state index in [4.69, 9.17) is 0 Å². The molecule has 0 atom stereocenters. The first-order valence-electron chi connectivity index (χ1n) is 11.6. The van der Waals surface area contributed by atoms with Crippen LogP contribution in [0.1, 0.15) is 34.3 Å². The van der Waals surface area contributed by atoms with Gasteiger partial charge in [-0.2, -0.15) is 4.31 Å². The SMILES string of the molecule is Cc1ccc(S(=O)(=O)N2CCC(C(=O)N3CCN(C(=O)c4ccccc4O)CC3)CC2)cc1C. The number of hydrogen-bond acceptors (Lipinski definition) is 5. The fraction of sp³-hybridized carbons (Fsp3) is 0.440. The minimum absolute atomic E-state index is 0.0258. The number of hydrogen-bond donors (Lipinski definition) is 1. The summed E-state index contributed by atoms with van der Waals surface area (Å²) in [6, 6.07) is 11.6. The maximum Gasteiger partial charge on any atom is 0.257 e. The number of nitrogens with zero attached hydrogens (tertiary/aromatic N) is 3. The fourth-order valence-corrected chi connectivity index (χ4v) is 6.13. The van der Waals surface area contributed by atoms with Crippen molar-refractivity contribution in [1.82, 2.24) is 14.1 Å². The van der Waals surface area contributed by atoms with Gasteiger partial charge in [-0.05, 0) is 62.1 Å². The second kappa shape index (κ2) is 9.76. The zero-order chi connectivity index (χ0) is 24.5. The van der Waals surface area contributed by atoms with Crippen LogP contribution in [0.5, 0.6) is 5.75 Å². The van der Waals surface area contributed by atoms with Crippen LogP contribution in [0.2, 0.25) is 0 Å². The van der Waals surface area contributed by atoms with E-state index >= 15 is 0 Å². The molecule has 0 bridgehead atoms. The van der Waals surface area contributed by atoms with Crippen LogP contribution in [0.25, 0.3) is 0 Å². The highest BCUT2D eigenvalue weighted by atomic mass is 32.2. The van der Waals surface area contributed by atoms with E-state index in [1.54, 1.807) is 40.1 Å². The molecule has 2 aliphatic heterocycles. The predicted molar refractivity (Wildman–Crippen MR) is 128 cm³/mol. The van der Waals surface area contributed by atoms with Crippen molar-refractivity contribution in [2.45, 2.75) is 31.6 Å². The molecule has 0 aromatic heterocycles. The first kappa shape index (κ1) is 24.2. The van der Waals surface area contributed by atoms with Crippen molar-refractivity contribution in [3.63, 3.8) is 0 Å². The first-order valence-corrected chi connectivity index (χ1v) is 13.1. The van der Waals surface area contributed by atoms with Gasteiger partial charge >= 0.3 is 0 Å². The van der Waals surface area contributed by atoms with Crippen molar-refractivity contribution in [3.05, 3.63) is 59.2 Å². The van der Waals surface area contributed by atoms with Crippen LogP contribution in [0.4, 0.5) is 0 Å². The Bertz CT molecular complexity index is 1180. The van der Waals surface area contributed by atoms with Gasteiger partial charge in [-0.25, -0.2) is 8.42 Å². The van der Waals surface area contributed by atoms with Crippen molar-refractivity contribution in [3.8, 4) is 5.75 Å². The lowest BCUT2D eigenvalue weighted by Crippen LogP contribution is -2.53. The molecular formula is C25H31N3O5S. The normalized spacial score (nSPS) is 18.2. The van der Waals surface area contributed by atoms with Crippen LogP contribution in [-0.2, 0) is 14.8 Å². The van der Waals surface area contributed by atoms with Gasteiger partial charge in [-0.15, -0.1) is 0 Å². The van der Waals surface area contributed by atoms with Crippen molar-refractivity contribution in [2.75, 3.05) is 39.3 Å². The van der Waals surface area contributed by atoms with Crippen LogP contribution in [-0.4, -0.2) is 78.7 Å². The third-order valence-corrected chi connectivity index (χ3v) is 8.83. The van der Waals surface area contributed by atoms with Crippen molar-refractivity contribution in [1.29, 1.82) is 0 Å². The van der Waals surface area contributed by atoms with Crippen LogP contribution < -0.4 is 0 Å². The largest absolute Gasteiger partial charge is 0.507 e. The molecule has 0 unspecified atom stereocenters. The molecule has 0 aliphatic carbocycles. The Morgan fingerprint density at radius 2 is 1.47 bits per heavy atom. The Labute approximate surface area is 200 Å². The van der Waals surface area contributed by atoms with Gasteiger partial charge in [0.15, 0.2) is 0 Å². The number of aromatic hydroxyl groups is 1. The maximum atomic E-state index is 13.1. The maximum absolute atomic E-state index is 13.1. The molecule has 1 N–H and O–H groups in total. The minimum Gasteiger partial charge on any atom is -0.507 e. The van der Waals surface area contributed by atoms with Gasteiger partial charge in [0.05, 0.1) is 10.5 Å². The lowest BCUT2D eigenvalue weighted by molar-refractivity contribution is -0.138. The van der Waals surface area contributed by atoms with Crippen molar-refractivity contribution in [2.24, 2.45) is 5.92 Å². The Kier molecular flexibility index (Phi) is 6.95. The number of aryl methyl sites for hydroxylation is 2. The number of sulfonamides is 1. The summed E-state index contributed by atoms with van der Waals surface area (Å²) in [6.45, 7) is 6.14. The summed E-state index contributed by atoms with van der Waals surface area (Å²) in [4.78, 5) is 29.5. The van der Waals surface area contributed by atoms with E-state index in [1.807, 2.05) is 19.9 Å². The van der Waals surface area contributed by atoms with E-state index in [0.29, 0.717) is 57.0 Å².